The van der Waals surface area contributed by atoms with Gasteiger partial charge in [0.15, 0.2) is 0 Å². The highest BCUT2D eigenvalue weighted by atomic mass is 16.6. The summed E-state index contributed by atoms with van der Waals surface area (Å²) in [7, 11) is 0. The van der Waals surface area contributed by atoms with Crippen LogP contribution >= 0.6 is 0 Å². The number of benzene rings is 1. The van der Waals surface area contributed by atoms with Crippen molar-refractivity contribution < 1.29 is 19.2 Å². The Hall–Kier alpha value is -2.63. The van der Waals surface area contributed by atoms with Crippen molar-refractivity contribution >= 4 is 11.7 Å². The van der Waals surface area contributed by atoms with Gasteiger partial charge in [0.1, 0.15) is 5.76 Å². The molecule has 1 aromatic heterocycles. The SMILES string of the molecule is O=C(O)c1ccc(Cc2cccc([N+](=O)[O-])c2)o1. The van der Waals surface area contributed by atoms with E-state index >= 15 is 0 Å². The second-order valence-corrected chi connectivity index (χ2v) is 3.67. The first-order chi connectivity index (χ1) is 8.56. The van der Waals surface area contributed by atoms with Gasteiger partial charge in [0.2, 0.25) is 5.76 Å². The number of furan rings is 1. The molecule has 0 amide bonds. The van der Waals surface area contributed by atoms with E-state index in [9.17, 15) is 14.9 Å². The number of nitrogens with zero attached hydrogens (tertiary/aromatic N) is 1. The molecule has 1 aromatic carbocycles. The van der Waals surface area contributed by atoms with Crippen molar-refractivity contribution in [3.05, 3.63) is 63.6 Å². The summed E-state index contributed by atoms with van der Waals surface area (Å²) in [5, 5.41) is 19.3. The van der Waals surface area contributed by atoms with Crippen molar-refractivity contribution in [2.45, 2.75) is 6.42 Å². The molecule has 92 valence electrons. The van der Waals surface area contributed by atoms with Crippen molar-refractivity contribution in [1.29, 1.82) is 0 Å². The maximum absolute atomic E-state index is 10.6. The van der Waals surface area contributed by atoms with E-state index < -0.39 is 10.9 Å². The lowest BCUT2D eigenvalue weighted by Gasteiger charge is -1.98. The van der Waals surface area contributed by atoms with Crippen LogP contribution in [0.15, 0.2) is 40.8 Å². The van der Waals surface area contributed by atoms with E-state index in [2.05, 4.69) is 0 Å². The first-order valence-corrected chi connectivity index (χ1v) is 5.11. The molecule has 6 heteroatoms. The standard InChI is InChI=1S/C12H9NO5/c14-12(15)11-5-4-10(18-11)7-8-2-1-3-9(6-8)13(16)17/h1-6H,7H2,(H,14,15). The molecule has 2 rings (SSSR count). The maximum Gasteiger partial charge on any atom is 0.371 e. The number of carboxylic acids is 1. The predicted molar refractivity (Wildman–Crippen MR) is 61.6 cm³/mol. The lowest BCUT2D eigenvalue weighted by molar-refractivity contribution is -0.384. The fourth-order valence-electron chi connectivity index (χ4n) is 1.57. The third kappa shape index (κ3) is 2.54. The van der Waals surface area contributed by atoms with Gasteiger partial charge in [0, 0.05) is 18.6 Å². The summed E-state index contributed by atoms with van der Waals surface area (Å²) < 4.78 is 5.08. The Bertz CT molecular complexity index is 602. The highest BCUT2D eigenvalue weighted by Crippen LogP contribution is 2.17. The molecule has 0 saturated heterocycles. The summed E-state index contributed by atoms with van der Waals surface area (Å²) in [6, 6.07) is 9.03. The number of carbonyl (C=O) groups is 1. The zero-order valence-corrected chi connectivity index (χ0v) is 9.20. The lowest BCUT2D eigenvalue weighted by atomic mass is 10.1. The molecular formula is C12H9NO5. The van der Waals surface area contributed by atoms with E-state index in [1.165, 1.54) is 18.2 Å². The molecule has 0 saturated carbocycles. The van der Waals surface area contributed by atoms with Gasteiger partial charge in [-0.05, 0) is 17.7 Å². The summed E-state index contributed by atoms with van der Waals surface area (Å²) in [6.07, 6.45) is 0.314. The summed E-state index contributed by atoms with van der Waals surface area (Å²) in [5.74, 6) is -0.830. The minimum absolute atomic E-state index is 0.00230. The molecule has 1 N–H and O–H groups in total. The third-order valence-electron chi connectivity index (χ3n) is 2.37. The van der Waals surface area contributed by atoms with Crippen LogP contribution in [0.25, 0.3) is 0 Å². The Morgan fingerprint density at radius 3 is 2.72 bits per heavy atom. The molecule has 0 radical (unpaired) electrons. The van der Waals surface area contributed by atoms with Gasteiger partial charge in [0.05, 0.1) is 4.92 Å². The van der Waals surface area contributed by atoms with E-state index in [0.29, 0.717) is 17.7 Å². The van der Waals surface area contributed by atoms with Gasteiger partial charge < -0.3 is 9.52 Å². The molecule has 0 fully saturated rings. The van der Waals surface area contributed by atoms with Crippen molar-refractivity contribution in [2.24, 2.45) is 0 Å². The molecule has 0 aliphatic heterocycles. The smallest absolute Gasteiger partial charge is 0.371 e. The van der Waals surface area contributed by atoms with Crippen molar-refractivity contribution in [3.8, 4) is 0 Å². The van der Waals surface area contributed by atoms with E-state index in [4.69, 9.17) is 9.52 Å². The molecule has 18 heavy (non-hydrogen) atoms. The molecule has 0 aliphatic carbocycles. The van der Waals surface area contributed by atoms with Crippen molar-refractivity contribution in [3.63, 3.8) is 0 Å². The quantitative estimate of drug-likeness (QED) is 0.661. The van der Waals surface area contributed by atoms with E-state index in [1.807, 2.05) is 0 Å². The van der Waals surface area contributed by atoms with Crippen LogP contribution in [-0.4, -0.2) is 16.0 Å². The normalized spacial score (nSPS) is 10.2. The van der Waals surface area contributed by atoms with Crippen LogP contribution in [0.5, 0.6) is 0 Å². The lowest BCUT2D eigenvalue weighted by Crippen LogP contribution is -1.93. The number of non-ortho nitro benzene ring substituents is 1. The topological polar surface area (TPSA) is 93.6 Å². The average Bonchev–Trinajstić information content (AvgIpc) is 2.78. The molecule has 0 spiro atoms. The minimum atomic E-state index is -1.14. The van der Waals surface area contributed by atoms with Crippen LogP contribution in [0, 0.1) is 10.1 Å². The Morgan fingerprint density at radius 2 is 2.11 bits per heavy atom. The van der Waals surface area contributed by atoms with Gasteiger partial charge in [0.25, 0.3) is 5.69 Å². The van der Waals surface area contributed by atoms with Crippen LogP contribution in [0.3, 0.4) is 0 Å². The number of hydrogen-bond donors (Lipinski definition) is 1. The molecule has 0 atom stereocenters. The minimum Gasteiger partial charge on any atom is -0.475 e. The summed E-state index contributed by atoms with van der Waals surface area (Å²) >= 11 is 0. The number of hydrogen-bond acceptors (Lipinski definition) is 4. The summed E-state index contributed by atoms with van der Waals surface area (Å²) in [4.78, 5) is 20.8. The molecule has 0 unspecified atom stereocenters. The van der Waals surface area contributed by atoms with E-state index in [-0.39, 0.29) is 11.4 Å². The van der Waals surface area contributed by atoms with Gasteiger partial charge >= 0.3 is 5.97 Å². The summed E-state index contributed by atoms with van der Waals surface area (Å²) in [6.45, 7) is 0. The van der Waals surface area contributed by atoms with Gasteiger partial charge in [-0.25, -0.2) is 4.79 Å². The highest BCUT2D eigenvalue weighted by molar-refractivity contribution is 5.84. The van der Waals surface area contributed by atoms with Crippen molar-refractivity contribution in [2.75, 3.05) is 0 Å². The number of carboxylic acid groups (broad SMARTS) is 1. The molecule has 1 heterocycles. The maximum atomic E-state index is 10.6. The van der Waals surface area contributed by atoms with Gasteiger partial charge in [-0.1, -0.05) is 12.1 Å². The van der Waals surface area contributed by atoms with Crippen LogP contribution in [0.4, 0.5) is 5.69 Å². The Balaban J connectivity index is 2.20. The Labute approximate surface area is 102 Å². The Morgan fingerprint density at radius 1 is 1.33 bits per heavy atom. The number of nitro groups is 1. The monoisotopic (exact) mass is 247 g/mol. The number of rotatable bonds is 4. The largest absolute Gasteiger partial charge is 0.475 e. The van der Waals surface area contributed by atoms with Crippen LogP contribution in [0.1, 0.15) is 21.9 Å². The zero-order chi connectivity index (χ0) is 13.1. The first-order valence-electron chi connectivity index (χ1n) is 5.11. The fraction of sp³-hybridized carbons (Fsp3) is 0.0833. The van der Waals surface area contributed by atoms with Gasteiger partial charge in [-0.15, -0.1) is 0 Å². The fourth-order valence-corrected chi connectivity index (χ4v) is 1.57. The molecule has 0 bridgehead atoms. The van der Waals surface area contributed by atoms with E-state index in [0.717, 1.165) is 0 Å². The molecule has 2 aromatic rings. The van der Waals surface area contributed by atoms with Gasteiger partial charge in [-0.3, -0.25) is 10.1 Å². The van der Waals surface area contributed by atoms with Crippen molar-refractivity contribution in [1.82, 2.24) is 0 Å². The van der Waals surface area contributed by atoms with Crippen LogP contribution in [-0.2, 0) is 6.42 Å². The predicted octanol–water partition coefficient (Wildman–Crippen LogP) is 2.48. The Kier molecular flexibility index (Phi) is 3.09. The number of nitro benzene ring substituents is 1. The van der Waals surface area contributed by atoms with Gasteiger partial charge in [-0.2, -0.15) is 0 Å². The molecule has 0 aliphatic rings. The second kappa shape index (κ2) is 4.70. The third-order valence-corrected chi connectivity index (χ3v) is 2.37. The zero-order valence-electron chi connectivity index (χ0n) is 9.20. The summed E-state index contributed by atoms with van der Waals surface area (Å²) in [5.41, 5.74) is 0.688. The molecule has 6 nitrogen and oxygen atoms in total. The van der Waals surface area contributed by atoms with Crippen LogP contribution in [0.2, 0.25) is 0 Å². The van der Waals surface area contributed by atoms with E-state index in [1.54, 1.807) is 18.2 Å². The highest BCUT2D eigenvalue weighted by Gasteiger charge is 2.11. The first kappa shape index (κ1) is 11.8. The second-order valence-electron chi connectivity index (χ2n) is 3.67. The average molecular weight is 247 g/mol. The molecular weight excluding hydrogens is 238 g/mol. The number of aromatic carboxylic acids is 1. The van der Waals surface area contributed by atoms with Crippen LogP contribution < -0.4 is 0 Å².